The van der Waals surface area contributed by atoms with Crippen LogP contribution in [0.25, 0.3) is 0 Å². The van der Waals surface area contributed by atoms with Crippen LogP contribution in [0.2, 0.25) is 0 Å². The first-order valence-electron chi connectivity index (χ1n) is 4.49. The van der Waals surface area contributed by atoms with Gasteiger partial charge in [-0.05, 0) is 6.07 Å². The van der Waals surface area contributed by atoms with Crippen molar-refractivity contribution < 1.29 is 14.6 Å². The number of para-hydroxylation sites is 1. The van der Waals surface area contributed by atoms with Gasteiger partial charge in [-0.15, -0.1) is 6.58 Å². The quantitative estimate of drug-likeness (QED) is 0.728. The Kier molecular flexibility index (Phi) is 2.52. The summed E-state index contributed by atoms with van der Waals surface area (Å²) in [6.45, 7) is 4.11. The highest BCUT2D eigenvalue weighted by molar-refractivity contribution is 5.33. The van der Waals surface area contributed by atoms with Crippen LogP contribution < -0.4 is 0 Å². The number of aromatic hydroxyl groups is 1. The Hall–Kier alpha value is -1.32. The van der Waals surface area contributed by atoms with Gasteiger partial charge in [-0.3, -0.25) is 0 Å². The third-order valence-corrected chi connectivity index (χ3v) is 2.16. The topological polar surface area (TPSA) is 38.7 Å². The van der Waals surface area contributed by atoms with Crippen LogP contribution in [0, 0.1) is 0 Å². The summed E-state index contributed by atoms with van der Waals surface area (Å²) in [5.74, 6) is 0.196. The zero-order chi connectivity index (χ0) is 9.97. The van der Waals surface area contributed by atoms with Crippen LogP contribution in [0.3, 0.4) is 0 Å². The lowest BCUT2D eigenvalue weighted by atomic mass is 10.2. The van der Waals surface area contributed by atoms with Gasteiger partial charge in [0.05, 0.1) is 6.61 Å². The van der Waals surface area contributed by atoms with Gasteiger partial charge in [0.25, 0.3) is 0 Å². The highest BCUT2D eigenvalue weighted by atomic mass is 16.7. The Labute approximate surface area is 82.6 Å². The molecule has 0 amide bonds. The molecule has 1 aromatic rings. The maximum atomic E-state index is 9.54. The summed E-state index contributed by atoms with van der Waals surface area (Å²) in [6.07, 6.45) is 1.14. The van der Waals surface area contributed by atoms with Gasteiger partial charge < -0.3 is 14.6 Å². The molecule has 2 atom stereocenters. The molecule has 1 aliphatic rings. The fourth-order valence-corrected chi connectivity index (χ4v) is 1.39. The van der Waals surface area contributed by atoms with E-state index >= 15 is 0 Å². The number of phenolic OH excluding ortho intramolecular Hbond substituents is 1. The maximum absolute atomic E-state index is 9.54. The third-order valence-electron chi connectivity index (χ3n) is 2.16. The van der Waals surface area contributed by atoms with E-state index in [1.807, 2.05) is 6.07 Å². The summed E-state index contributed by atoms with van der Waals surface area (Å²) in [7, 11) is 0. The van der Waals surface area contributed by atoms with E-state index in [1.54, 1.807) is 24.3 Å². The van der Waals surface area contributed by atoms with Crippen LogP contribution >= 0.6 is 0 Å². The highest BCUT2D eigenvalue weighted by Gasteiger charge is 2.26. The fraction of sp³-hybridized carbons (Fsp3) is 0.273. The van der Waals surface area contributed by atoms with Gasteiger partial charge in [0.2, 0.25) is 0 Å². The van der Waals surface area contributed by atoms with Crippen molar-refractivity contribution in [2.24, 2.45) is 0 Å². The molecule has 0 aliphatic carbocycles. The molecular formula is C11H12O3. The molecule has 2 unspecified atom stereocenters. The second-order valence-electron chi connectivity index (χ2n) is 3.13. The minimum atomic E-state index is -0.473. The number of benzene rings is 1. The number of phenols is 1. The molecule has 1 N–H and O–H groups in total. The monoisotopic (exact) mass is 192 g/mol. The van der Waals surface area contributed by atoms with E-state index < -0.39 is 6.29 Å². The van der Waals surface area contributed by atoms with E-state index in [0.29, 0.717) is 12.2 Å². The minimum Gasteiger partial charge on any atom is -0.507 e. The van der Waals surface area contributed by atoms with Gasteiger partial charge in [0.15, 0.2) is 6.29 Å². The van der Waals surface area contributed by atoms with Crippen molar-refractivity contribution in [2.45, 2.75) is 12.4 Å². The van der Waals surface area contributed by atoms with E-state index in [-0.39, 0.29) is 11.9 Å². The molecule has 0 saturated carbocycles. The van der Waals surface area contributed by atoms with Gasteiger partial charge in [-0.25, -0.2) is 0 Å². The Balaban J connectivity index is 2.17. The lowest BCUT2D eigenvalue weighted by molar-refractivity contribution is -0.0545. The normalized spacial score (nSPS) is 26.3. The van der Waals surface area contributed by atoms with Crippen LogP contribution in [0.5, 0.6) is 5.75 Å². The van der Waals surface area contributed by atoms with Gasteiger partial charge in [0, 0.05) is 5.56 Å². The largest absolute Gasteiger partial charge is 0.507 e. The van der Waals surface area contributed by atoms with Crippen molar-refractivity contribution in [1.82, 2.24) is 0 Å². The number of hydrogen-bond acceptors (Lipinski definition) is 3. The molecule has 1 fully saturated rings. The smallest absolute Gasteiger partial charge is 0.188 e. The minimum absolute atomic E-state index is 0.0837. The first-order chi connectivity index (χ1) is 6.81. The summed E-state index contributed by atoms with van der Waals surface area (Å²) in [4.78, 5) is 0. The van der Waals surface area contributed by atoms with E-state index in [4.69, 9.17) is 9.47 Å². The number of ether oxygens (including phenoxy) is 2. The van der Waals surface area contributed by atoms with Crippen LogP contribution in [0.1, 0.15) is 11.9 Å². The standard InChI is InChI=1S/C11H12O3/c1-2-8-7-13-11(14-8)9-5-3-4-6-10(9)12/h2-6,8,11-12H,1,7H2. The lowest BCUT2D eigenvalue weighted by Crippen LogP contribution is -2.04. The highest BCUT2D eigenvalue weighted by Crippen LogP contribution is 2.32. The lowest BCUT2D eigenvalue weighted by Gasteiger charge is -2.11. The zero-order valence-electron chi connectivity index (χ0n) is 7.72. The SMILES string of the molecule is C=CC1COC(c2ccccc2O)O1. The first-order valence-corrected chi connectivity index (χ1v) is 4.49. The van der Waals surface area contributed by atoms with E-state index in [9.17, 15) is 5.11 Å². The van der Waals surface area contributed by atoms with E-state index in [0.717, 1.165) is 0 Å². The Morgan fingerprint density at radius 3 is 2.86 bits per heavy atom. The second kappa shape index (κ2) is 3.82. The molecule has 3 nitrogen and oxygen atoms in total. The van der Waals surface area contributed by atoms with E-state index in [1.165, 1.54) is 0 Å². The summed E-state index contributed by atoms with van der Waals surface area (Å²) < 4.78 is 10.8. The zero-order valence-corrected chi connectivity index (χ0v) is 7.72. The van der Waals surface area contributed by atoms with Gasteiger partial charge >= 0.3 is 0 Å². The molecule has 0 radical (unpaired) electrons. The Bertz CT molecular complexity index is 335. The predicted molar refractivity (Wildman–Crippen MR) is 51.9 cm³/mol. The van der Waals surface area contributed by atoms with Gasteiger partial charge in [-0.1, -0.05) is 24.3 Å². The molecule has 1 aliphatic heterocycles. The molecule has 1 heterocycles. The van der Waals surface area contributed by atoms with Crippen molar-refractivity contribution in [3.8, 4) is 5.75 Å². The molecular weight excluding hydrogens is 180 g/mol. The molecule has 14 heavy (non-hydrogen) atoms. The van der Waals surface area contributed by atoms with Crippen molar-refractivity contribution >= 4 is 0 Å². The predicted octanol–water partition coefficient (Wildman–Crippen LogP) is 1.99. The Morgan fingerprint density at radius 1 is 1.43 bits per heavy atom. The summed E-state index contributed by atoms with van der Waals surface area (Å²) in [5, 5.41) is 9.54. The van der Waals surface area contributed by atoms with Gasteiger partial charge in [-0.2, -0.15) is 0 Å². The van der Waals surface area contributed by atoms with Gasteiger partial charge in [0.1, 0.15) is 11.9 Å². The van der Waals surface area contributed by atoms with Crippen molar-refractivity contribution in [2.75, 3.05) is 6.61 Å². The second-order valence-corrected chi connectivity index (χ2v) is 3.13. The fourth-order valence-electron chi connectivity index (χ4n) is 1.39. The molecule has 1 saturated heterocycles. The third kappa shape index (κ3) is 1.64. The molecule has 0 spiro atoms. The number of hydrogen-bond donors (Lipinski definition) is 1. The molecule has 0 bridgehead atoms. The maximum Gasteiger partial charge on any atom is 0.188 e. The van der Waals surface area contributed by atoms with Crippen molar-refractivity contribution in [1.29, 1.82) is 0 Å². The summed E-state index contributed by atoms with van der Waals surface area (Å²) in [5.41, 5.74) is 0.664. The summed E-state index contributed by atoms with van der Waals surface area (Å²) in [6, 6.07) is 7.00. The molecule has 0 aromatic heterocycles. The van der Waals surface area contributed by atoms with Crippen LogP contribution in [0.15, 0.2) is 36.9 Å². The first kappa shape index (κ1) is 9.24. The molecule has 1 aromatic carbocycles. The molecule has 3 heteroatoms. The number of rotatable bonds is 2. The average Bonchev–Trinajstić information content (AvgIpc) is 2.67. The Morgan fingerprint density at radius 2 is 2.21 bits per heavy atom. The van der Waals surface area contributed by atoms with E-state index in [2.05, 4.69) is 6.58 Å². The van der Waals surface area contributed by atoms with Crippen LogP contribution in [-0.4, -0.2) is 17.8 Å². The van der Waals surface area contributed by atoms with Crippen LogP contribution in [-0.2, 0) is 9.47 Å². The van der Waals surface area contributed by atoms with Crippen molar-refractivity contribution in [3.05, 3.63) is 42.5 Å². The van der Waals surface area contributed by atoms with Crippen molar-refractivity contribution in [3.63, 3.8) is 0 Å². The molecule has 74 valence electrons. The average molecular weight is 192 g/mol. The molecule has 2 rings (SSSR count). The van der Waals surface area contributed by atoms with Crippen LogP contribution in [0.4, 0.5) is 0 Å². The summed E-state index contributed by atoms with van der Waals surface area (Å²) >= 11 is 0.